The summed E-state index contributed by atoms with van der Waals surface area (Å²) in [5.41, 5.74) is 9.61. The van der Waals surface area contributed by atoms with Crippen LogP contribution in [0.3, 0.4) is 0 Å². The van der Waals surface area contributed by atoms with Gasteiger partial charge in [-0.2, -0.15) is 15.0 Å². The van der Waals surface area contributed by atoms with E-state index in [1.807, 2.05) is 6.07 Å². The number of hydrogen-bond donors (Lipinski definition) is 2. The van der Waals surface area contributed by atoms with Gasteiger partial charge in [-0.15, -0.1) is 0 Å². The Kier molecular flexibility index (Phi) is 5.22. The molecule has 3 aromatic carbocycles. The Hall–Kier alpha value is -3.51. The topological polar surface area (TPSA) is 80.0 Å². The number of benzene rings is 3. The number of rotatable bonds is 7. The molecular formula is C25H26N6. The van der Waals surface area contributed by atoms with Crippen LogP contribution >= 0.6 is 0 Å². The molecule has 0 spiro atoms. The number of para-hydroxylation sites is 1. The highest BCUT2D eigenvalue weighted by Crippen LogP contribution is 2.43. The van der Waals surface area contributed by atoms with E-state index in [0.29, 0.717) is 24.2 Å². The predicted octanol–water partition coefficient (Wildman–Crippen LogP) is 4.86. The minimum atomic E-state index is 0.232. The van der Waals surface area contributed by atoms with Crippen molar-refractivity contribution in [2.45, 2.75) is 31.8 Å². The molecule has 0 atom stereocenters. The molecule has 4 aromatic rings. The van der Waals surface area contributed by atoms with Gasteiger partial charge in [0.05, 0.1) is 6.54 Å². The van der Waals surface area contributed by atoms with Crippen molar-refractivity contribution in [1.82, 2.24) is 19.9 Å². The van der Waals surface area contributed by atoms with Crippen molar-refractivity contribution in [2.75, 3.05) is 18.1 Å². The van der Waals surface area contributed by atoms with Crippen LogP contribution in [-0.2, 0) is 13.1 Å². The normalized spacial score (nSPS) is 13.6. The first-order chi connectivity index (χ1) is 15.1. The number of nitrogen functional groups attached to an aromatic ring is 1. The van der Waals surface area contributed by atoms with Gasteiger partial charge in [0, 0.05) is 12.2 Å². The van der Waals surface area contributed by atoms with E-state index in [9.17, 15) is 0 Å². The minimum absolute atomic E-state index is 0.232. The van der Waals surface area contributed by atoms with Crippen LogP contribution in [0, 0.1) is 0 Å². The zero-order chi connectivity index (χ0) is 21.2. The number of hydrogen-bond acceptors (Lipinski definition) is 6. The molecule has 6 nitrogen and oxygen atoms in total. The van der Waals surface area contributed by atoms with Gasteiger partial charge in [0.1, 0.15) is 5.82 Å². The standard InChI is InChI=1S/C25H26N6/c1-31(15-17-10-11-18-6-2-3-7-20(18)14-17)16-23-28-24(26)30-25(29-23)27-22-9-5-4-8-21(22)19-12-13-19/h2-11,14,19H,12-13,15-16H2,1H3,(H3,26,27,28,29,30). The molecule has 1 aliphatic carbocycles. The van der Waals surface area contributed by atoms with Crippen LogP contribution in [-0.4, -0.2) is 26.9 Å². The molecule has 0 saturated heterocycles. The largest absolute Gasteiger partial charge is 0.368 e. The number of aromatic nitrogens is 3. The third-order valence-electron chi connectivity index (χ3n) is 5.60. The van der Waals surface area contributed by atoms with Gasteiger partial charge in [0.25, 0.3) is 0 Å². The van der Waals surface area contributed by atoms with E-state index in [-0.39, 0.29) is 5.95 Å². The predicted molar refractivity (Wildman–Crippen MR) is 125 cm³/mol. The van der Waals surface area contributed by atoms with E-state index in [1.165, 1.54) is 34.7 Å². The van der Waals surface area contributed by atoms with Crippen LogP contribution in [0.25, 0.3) is 10.8 Å². The van der Waals surface area contributed by atoms with Crippen LogP contribution in [0.4, 0.5) is 17.6 Å². The minimum Gasteiger partial charge on any atom is -0.368 e. The molecule has 31 heavy (non-hydrogen) atoms. The van der Waals surface area contributed by atoms with Gasteiger partial charge in [-0.3, -0.25) is 4.90 Å². The molecule has 0 amide bonds. The van der Waals surface area contributed by atoms with Gasteiger partial charge in [0.2, 0.25) is 11.9 Å². The van der Waals surface area contributed by atoms with Crippen molar-refractivity contribution in [3.05, 3.63) is 83.7 Å². The van der Waals surface area contributed by atoms with Crippen molar-refractivity contribution >= 4 is 28.4 Å². The molecule has 0 radical (unpaired) electrons. The van der Waals surface area contributed by atoms with Crippen LogP contribution in [0.15, 0.2) is 66.7 Å². The highest BCUT2D eigenvalue weighted by Gasteiger charge is 2.26. The number of fused-ring (bicyclic) bond motifs is 1. The maximum absolute atomic E-state index is 5.99. The lowest BCUT2D eigenvalue weighted by Gasteiger charge is -2.17. The van der Waals surface area contributed by atoms with E-state index in [2.05, 4.69) is 92.9 Å². The summed E-state index contributed by atoms with van der Waals surface area (Å²) in [4.78, 5) is 15.5. The van der Waals surface area contributed by atoms with E-state index < -0.39 is 0 Å². The Bertz CT molecular complexity index is 1220. The van der Waals surface area contributed by atoms with E-state index >= 15 is 0 Å². The first kappa shape index (κ1) is 19.5. The van der Waals surface area contributed by atoms with Crippen LogP contribution < -0.4 is 11.1 Å². The lowest BCUT2D eigenvalue weighted by molar-refractivity contribution is 0.310. The molecule has 0 unspecified atom stereocenters. The smallest absolute Gasteiger partial charge is 0.232 e. The molecule has 0 bridgehead atoms. The highest BCUT2D eigenvalue weighted by atomic mass is 15.2. The van der Waals surface area contributed by atoms with Crippen molar-refractivity contribution < 1.29 is 0 Å². The summed E-state index contributed by atoms with van der Waals surface area (Å²) in [5, 5.41) is 5.86. The summed E-state index contributed by atoms with van der Waals surface area (Å²) in [6, 6.07) is 23.3. The monoisotopic (exact) mass is 410 g/mol. The second-order valence-corrected chi connectivity index (χ2v) is 8.27. The summed E-state index contributed by atoms with van der Waals surface area (Å²) in [7, 11) is 2.06. The highest BCUT2D eigenvalue weighted by molar-refractivity contribution is 5.82. The lowest BCUT2D eigenvalue weighted by atomic mass is 10.1. The fourth-order valence-corrected chi connectivity index (χ4v) is 3.99. The van der Waals surface area contributed by atoms with Crippen molar-refractivity contribution in [1.29, 1.82) is 0 Å². The summed E-state index contributed by atoms with van der Waals surface area (Å²) in [5.74, 6) is 2.02. The van der Waals surface area contributed by atoms with Gasteiger partial charge in [0.15, 0.2) is 0 Å². The van der Waals surface area contributed by atoms with Crippen LogP contribution in [0.2, 0.25) is 0 Å². The number of nitrogens with one attached hydrogen (secondary N) is 1. The third-order valence-corrected chi connectivity index (χ3v) is 5.60. The molecule has 1 heterocycles. The van der Waals surface area contributed by atoms with Gasteiger partial charge in [-0.1, -0.05) is 54.6 Å². The summed E-state index contributed by atoms with van der Waals surface area (Å²) in [6.45, 7) is 1.38. The van der Waals surface area contributed by atoms with Crippen molar-refractivity contribution in [3.8, 4) is 0 Å². The maximum atomic E-state index is 5.99. The Labute approximate surface area is 182 Å². The van der Waals surface area contributed by atoms with Crippen LogP contribution in [0.5, 0.6) is 0 Å². The Morgan fingerprint density at radius 3 is 2.52 bits per heavy atom. The second kappa shape index (κ2) is 8.32. The molecule has 1 aliphatic rings. The van der Waals surface area contributed by atoms with E-state index in [1.54, 1.807) is 0 Å². The zero-order valence-corrected chi connectivity index (χ0v) is 17.6. The molecule has 6 heteroatoms. The summed E-state index contributed by atoms with van der Waals surface area (Å²) in [6.07, 6.45) is 2.48. The quantitative estimate of drug-likeness (QED) is 0.453. The fraction of sp³-hybridized carbons (Fsp3) is 0.240. The van der Waals surface area contributed by atoms with Gasteiger partial charge in [-0.05, 0) is 59.8 Å². The van der Waals surface area contributed by atoms with Gasteiger partial charge >= 0.3 is 0 Å². The Balaban J connectivity index is 1.30. The molecule has 1 saturated carbocycles. The molecular weight excluding hydrogens is 384 g/mol. The first-order valence-corrected chi connectivity index (χ1v) is 10.7. The average Bonchev–Trinajstić information content (AvgIpc) is 3.59. The lowest BCUT2D eigenvalue weighted by Crippen LogP contribution is -2.20. The molecule has 1 fully saturated rings. The zero-order valence-electron chi connectivity index (χ0n) is 17.6. The van der Waals surface area contributed by atoms with Crippen LogP contribution in [0.1, 0.15) is 35.7 Å². The maximum Gasteiger partial charge on any atom is 0.232 e. The summed E-state index contributed by atoms with van der Waals surface area (Å²) >= 11 is 0. The molecule has 5 rings (SSSR count). The van der Waals surface area contributed by atoms with E-state index in [4.69, 9.17) is 5.73 Å². The number of nitrogens with zero attached hydrogens (tertiary/aromatic N) is 4. The second-order valence-electron chi connectivity index (χ2n) is 8.27. The van der Waals surface area contributed by atoms with Gasteiger partial charge < -0.3 is 11.1 Å². The fourth-order valence-electron chi connectivity index (χ4n) is 3.99. The summed E-state index contributed by atoms with van der Waals surface area (Å²) < 4.78 is 0. The Morgan fingerprint density at radius 1 is 0.903 bits per heavy atom. The molecule has 1 aromatic heterocycles. The van der Waals surface area contributed by atoms with Crippen molar-refractivity contribution in [3.63, 3.8) is 0 Å². The molecule has 0 aliphatic heterocycles. The SMILES string of the molecule is CN(Cc1ccc2ccccc2c1)Cc1nc(N)nc(Nc2ccccc2C2CC2)n1. The average molecular weight is 411 g/mol. The van der Waals surface area contributed by atoms with Crippen molar-refractivity contribution in [2.24, 2.45) is 0 Å². The first-order valence-electron chi connectivity index (χ1n) is 10.7. The molecule has 3 N–H and O–H groups in total. The number of nitrogens with two attached hydrogens (primary N) is 1. The van der Waals surface area contributed by atoms with E-state index in [0.717, 1.165) is 12.2 Å². The molecule has 156 valence electrons. The third kappa shape index (κ3) is 4.64. The number of anilines is 3. The van der Waals surface area contributed by atoms with Gasteiger partial charge in [-0.25, -0.2) is 0 Å². The Morgan fingerprint density at radius 2 is 1.68 bits per heavy atom.